The van der Waals surface area contributed by atoms with E-state index >= 15 is 0 Å². The molecule has 0 aliphatic rings. The third kappa shape index (κ3) is 3.64. The summed E-state index contributed by atoms with van der Waals surface area (Å²) in [5.74, 6) is -0.354. The van der Waals surface area contributed by atoms with Crippen LogP contribution in [0.1, 0.15) is 13.3 Å². The number of nitrogens with two attached hydrogens (primary N) is 1. The van der Waals surface area contributed by atoms with E-state index in [4.69, 9.17) is 10.5 Å². The fourth-order valence-electron chi connectivity index (χ4n) is 1.32. The van der Waals surface area contributed by atoms with Crippen molar-refractivity contribution in [1.29, 1.82) is 0 Å². The van der Waals surface area contributed by atoms with Gasteiger partial charge in [-0.3, -0.25) is 0 Å². The number of methoxy groups -OCH3 is 1. The van der Waals surface area contributed by atoms with E-state index in [1.54, 1.807) is 13.2 Å². The number of hydrogen-bond donors (Lipinski definition) is 2. The van der Waals surface area contributed by atoms with Gasteiger partial charge in [0.1, 0.15) is 5.82 Å². The van der Waals surface area contributed by atoms with Gasteiger partial charge in [0, 0.05) is 25.8 Å². The molecule has 1 aromatic rings. The second kappa shape index (κ2) is 6.06. The van der Waals surface area contributed by atoms with Gasteiger partial charge < -0.3 is 15.8 Å². The molecule has 0 saturated heterocycles. The van der Waals surface area contributed by atoms with Crippen molar-refractivity contribution in [2.75, 3.05) is 24.8 Å². The molecular formula is C11H16BrFN2O. The van der Waals surface area contributed by atoms with Crippen LogP contribution < -0.4 is 11.1 Å². The first-order valence-corrected chi connectivity index (χ1v) is 5.84. The summed E-state index contributed by atoms with van der Waals surface area (Å²) in [5, 5.41) is 3.21. The van der Waals surface area contributed by atoms with Gasteiger partial charge in [0.05, 0.1) is 15.8 Å². The molecule has 90 valence electrons. The van der Waals surface area contributed by atoms with Gasteiger partial charge in [-0.15, -0.1) is 0 Å². The number of halogens is 2. The molecule has 16 heavy (non-hydrogen) atoms. The molecule has 0 radical (unpaired) electrons. The smallest absolute Gasteiger partial charge is 0.139 e. The van der Waals surface area contributed by atoms with Gasteiger partial charge in [-0.1, -0.05) is 0 Å². The van der Waals surface area contributed by atoms with Crippen LogP contribution in [0.25, 0.3) is 0 Å². The molecular weight excluding hydrogens is 275 g/mol. The van der Waals surface area contributed by atoms with Crippen LogP contribution in [0.2, 0.25) is 0 Å². The molecule has 0 fully saturated rings. The maximum atomic E-state index is 13.1. The predicted molar refractivity (Wildman–Crippen MR) is 68.1 cm³/mol. The Morgan fingerprint density at radius 1 is 1.56 bits per heavy atom. The minimum absolute atomic E-state index is 0.222. The second-order valence-corrected chi connectivity index (χ2v) is 4.53. The Labute approximate surface area is 103 Å². The molecule has 0 aliphatic heterocycles. The van der Waals surface area contributed by atoms with E-state index < -0.39 is 0 Å². The zero-order chi connectivity index (χ0) is 12.1. The van der Waals surface area contributed by atoms with Crippen molar-refractivity contribution in [2.24, 2.45) is 0 Å². The first-order valence-electron chi connectivity index (χ1n) is 5.04. The Kier molecular flexibility index (Phi) is 5.02. The van der Waals surface area contributed by atoms with Crippen molar-refractivity contribution >= 4 is 27.3 Å². The summed E-state index contributed by atoms with van der Waals surface area (Å²) in [6.45, 7) is 2.70. The highest BCUT2D eigenvalue weighted by molar-refractivity contribution is 9.10. The lowest BCUT2D eigenvalue weighted by molar-refractivity contribution is 0.191. The Morgan fingerprint density at radius 3 is 2.88 bits per heavy atom. The fraction of sp³-hybridized carbons (Fsp3) is 0.455. The van der Waals surface area contributed by atoms with Crippen molar-refractivity contribution in [3.05, 3.63) is 22.4 Å². The summed E-state index contributed by atoms with van der Waals surface area (Å²) >= 11 is 3.13. The monoisotopic (exact) mass is 290 g/mol. The van der Waals surface area contributed by atoms with Gasteiger partial charge in [-0.25, -0.2) is 4.39 Å². The third-order valence-electron chi connectivity index (χ3n) is 2.25. The van der Waals surface area contributed by atoms with Crippen LogP contribution in [0.4, 0.5) is 15.8 Å². The van der Waals surface area contributed by atoms with Crippen molar-refractivity contribution < 1.29 is 9.13 Å². The molecule has 0 saturated carbocycles. The zero-order valence-corrected chi connectivity index (χ0v) is 11.0. The summed E-state index contributed by atoms with van der Waals surface area (Å²) in [4.78, 5) is 0. The lowest BCUT2D eigenvalue weighted by Gasteiger charge is -2.16. The minimum Gasteiger partial charge on any atom is -0.397 e. The molecule has 3 nitrogen and oxygen atoms in total. The van der Waals surface area contributed by atoms with E-state index in [1.807, 2.05) is 6.92 Å². The standard InChI is InChI=1S/C11H16BrFN2O/c1-7(3-4-16-2)15-11-5-8(12)9(13)6-10(11)14/h5-7,15H,3-4,14H2,1-2H3. The highest BCUT2D eigenvalue weighted by atomic mass is 79.9. The van der Waals surface area contributed by atoms with E-state index in [0.29, 0.717) is 16.8 Å². The van der Waals surface area contributed by atoms with Crippen LogP contribution in [0.3, 0.4) is 0 Å². The van der Waals surface area contributed by atoms with E-state index in [-0.39, 0.29) is 11.9 Å². The molecule has 0 aromatic heterocycles. The largest absolute Gasteiger partial charge is 0.397 e. The van der Waals surface area contributed by atoms with Crippen molar-refractivity contribution in [1.82, 2.24) is 0 Å². The van der Waals surface area contributed by atoms with Gasteiger partial charge in [0.15, 0.2) is 0 Å². The lowest BCUT2D eigenvalue weighted by Crippen LogP contribution is -2.18. The van der Waals surface area contributed by atoms with E-state index in [0.717, 1.165) is 12.1 Å². The number of nitrogens with one attached hydrogen (secondary N) is 1. The summed E-state index contributed by atoms with van der Waals surface area (Å²) in [6.07, 6.45) is 0.866. The van der Waals surface area contributed by atoms with E-state index in [9.17, 15) is 4.39 Å². The molecule has 3 N–H and O–H groups in total. The quantitative estimate of drug-likeness (QED) is 0.820. The van der Waals surface area contributed by atoms with Crippen molar-refractivity contribution in [3.63, 3.8) is 0 Å². The van der Waals surface area contributed by atoms with E-state index in [1.165, 1.54) is 6.07 Å². The fourth-order valence-corrected chi connectivity index (χ4v) is 1.66. The lowest BCUT2D eigenvalue weighted by atomic mass is 10.2. The number of benzene rings is 1. The van der Waals surface area contributed by atoms with Crippen LogP contribution in [0, 0.1) is 5.82 Å². The average Bonchev–Trinajstić information content (AvgIpc) is 2.23. The van der Waals surface area contributed by atoms with Crippen LogP contribution in [0.15, 0.2) is 16.6 Å². The molecule has 0 aliphatic carbocycles. The van der Waals surface area contributed by atoms with Crippen LogP contribution >= 0.6 is 15.9 Å². The van der Waals surface area contributed by atoms with E-state index in [2.05, 4.69) is 21.2 Å². The van der Waals surface area contributed by atoms with Crippen molar-refractivity contribution in [3.8, 4) is 0 Å². The summed E-state index contributed by atoms with van der Waals surface area (Å²) in [7, 11) is 1.66. The Balaban J connectivity index is 2.69. The Morgan fingerprint density at radius 2 is 2.25 bits per heavy atom. The van der Waals surface area contributed by atoms with Crippen LogP contribution in [-0.4, -0.2) is 19.8 Å². The molecule has 1 rings (SSSR count). The zero-order valence-electron chi connectivity index (χ0n) is 9.39. The SMILES string of the molecule is COCCC(C)Nc1cc(Br)c(F)cc1N. The number of rotatable bonds is 5. The maximum Gasteiger partial charge on any atom is 0.139 e. The average molecular weight is 291 g/mol. The normalized spacial score (nSPS) is 12.5. The minimum atomic E-state index is -0.354. The number of hydrogen-bond acceptors (Lipinski definition) is 3. The molecule has 5 heteroatoms. The molecule has 0 amide bonds. The van der Waals surface area contributed by atoms with Gasteiger partial charge in [0.2, 0.25) is 0 Å². The van der Waals surface area contributed by atoms with Gasteiger partial charge in [-0.05, 0) is 35.3 Å². The molecule has 0 bridgehead atoms. The summed E-state index contributed by atoms with van der Waals surface area (Å²) < 4.78 is 18.5. The molecule has 0 heterocycles. The number of anilines is 2. The Hall–Kier alpha value is -0.810. The van der Waals surface area contributed by atoms with Gasteiger partial charge in [-0.2, -0.15) is 0 Å². The molecule has 0 spiro atoms. The van der Waals surface area contributed by atoms with Gasteiger partial charge >= 0.3 is 0 Å². The first kappa shape index (κ1) is 13.3. The molecule has 1 unspecified atom stereocenters. The summed E-state index contributed by atoms with van der Waals surface area (Å²) in [5.41, 5.74) is 6.85. The number of nitrogen functional groups attached to an aromatic ring is 1. The number of ether oxygens (including phenoxy) is 1. The highest BCUT2D eigenvalue weighted by Gasteiger charge is 2.08. The maximum absolute atomic E-state index is 13.1. The second-order valence-electron chi connectivity index (χ2n) is 3.68. The third-order valence-corrected chi connectivity index (χ3v) is 2.86. The van der Waals surface area contributed by atoms with Crippen molar-refractivity contribution in [2.45, 2.75) is 19.4 Å². The van der Waals surface area contributed by atoms with Crippen LogP contribution in [0.5, 0.6) is 0 Å². The van der Waals surface area contributed by atoms with Crippen LogP contribution in [-0.2, 0) is 4.74 Å². The van der Waals surface area contributed by atoms with Gasteiger partial charge in [0.25, 0.3) is 0 Å². The predicted octanol–water partition coefficient (Wildman–Crippen LogP) is 3.01. The first-order chi connectivity index (χ1) is 7.54. The molecule has 1 atom stereocenters. The molecule has 1 aromatic carbocycles. The Bertz CT molecular complexity index is 360. The summed E-state index contributed by atoms with van der Waals surface area (Å²) in [6, 6.07) is 3.17. The highest BCUT2D eigenvalue weighted by Crippen LogP contribution is 2.27. The topological polar surface area (TPSA) is 47.3 Å².